The summed E-state index contributed by atoms with van der Waals surface area (Å²) in [4.78, 5) is 17.6. The minimum Gasteiger partial charge on any atom is -0.447 e. The molecule has 2 aliphatic rings. The highest BCUT2D eigenvalue weighted by molar-refractivity contribution is 7.98. The molecule has 148 valence electrons. The van der Waals surface area contributed by atoms with Gasteiger partial charge in [-0.3, -0.25) is 4.90 Å². The molecule has 2 aliphatic heterocycles. The summed E-state index contributed by atoms with van der Waals surface area (Å²) in [6.07, 6.45) is 7.12. The molecule has 0 aromatic heterocycles. The first-order chi connectivity index (χ1) is 13.1. The predicted octanol–water partition coefficient (Wildman–Crippen LogP) is 4.58. The molecule has 1 atom stereocenters. The lowest BCUT2D eigenvalue weighted by Gasteiger charge is -2.39. The van der Waals surface area contributed by atoms with Gasteiger partial charge in [0.1, 0.15) is 6.61 Å². The number of likely N-dealkylation sites (tertiary alicyclic amines) is 1. The number of carbonyl (C=O) groups is 1. The van der Waals surface area contributed by atoms with Crippen LogP contribution in [0.3, 0.4) is 0 Å². The lowest BCUT2D eigenvalue weighted by Crippen LogP contribution is -2.50. The molecule has 0 saturated carbocycles. The van der Waals surface area contributed by atoms with Crippen molar-refractivity contribution in [3.05, 3.63) is 24.3 Å². The number of para-hydroxylation sites is 1. The number of hydrogen-bond donors (Lipinski definition) is 1. The number of hydrogen-bond acceptors (Lipinski definition) is 4. The molecule has 0 bridgehead atoms. The molecule has 3 rings (SSSR count). The minimum atomic E-state index is -0.135. The van der Waals surface area contributed by atoms with Gasteiger partial charge in [-0.15, -0.1) is 11.8 Å². The Morgan fingerprint density at radius 1 is 1.33 bits per heavy atom. The molecule has 27 heavy (non-hydrogen) atoms. The van der Waals surface area contributed by atoms with Crippen molar-refractivity contribution in [3.63, 3.8) is 0 Å². The van der Waals surface area contributed by atoms with E-state index in [1.54, 1.807) is 11.8 Å². The summed E-state index contributed by atoms with van der Waals surface area (Å²) < 4.78 is 5.34. The standard InChI is InChI=1S/C20H29N3O2S2/c1-3-4-7-16-14-25-20(24)23(16)15-10-12-22(13-11-15)19(26)21-17-8-5-6-9-18(17)27-2/h5-6,8-9,15-16H,3-4,7,10-14H2,1-2H3,(H,21,26). The molecule has 1 N–H and O–H groups in total. The van der Waals surface area contributed by atoms with Gasteiger partial charge in [-0.2, -0.15) is 0 Å². The van der Waals surface area contributed by atoms with Crippen LogP contribution in [0, 0.1) is 0 Å². The van der Waals surface area contributed by atoms with Crippen LogP contribution in [0.15, 0.2) is 29.2 Å². The molecule has 1 aromatic carbocycles. The second-order valence-electron chi connectivity index (χ2n) is 7.13. The number of anilines is 1. The third kappa shape index (κ3) is 4.88. The zero-order valence-electron chi connectivity index (χ0n) is 16.1. The van der Waals surface area contributed by atoms with Crippen LogP contribution < -0.4 is 5.32 Å². The lowest BCUT2D eigenvalue weighted by atomic mass is 10.0. The average molecular weight is 408 g/mol. The summed E-state index contributed by atoms with van der Waals surface area (Å²) in [5.74, 6) is 0. The van der Waals surface area contributed by atoms with Crippen LogP contribution in [0.1, 0.15) is 39.0 Å². The number of unbranched alkanes of at least 4 members (excludes halogenated alkanes) is 1. The van der Waals surface area contributed by atoms with Gasteiger partial charge < -0.3 is 15.0 Å². The molecule has 0 aliphatic carbocycles. The van der Waals surface area contributed by atoms with Crippen molar-refractivity contribution in [2.45, 2.75) is 56.0 Å². The number of thioether (sulfide) groups is 1. The van der Waals surface area contributed by atoms with Gasteiger partial charge in [-0.05, 0) is 49.9 Å². The van der Waals surface area contributed by atoms with Crippen molar-refractivity contribution >= 4 is 40.9 Å². The molecule has 1 unspecified atom stereocenters. The Morgan fingerprint density at radius 2 is 2.07 bits per heavy atom. The van der Waals surface area contributed by atoms with Gasteiger partial charge in [-0.1, -0.05) is 31.9 Å². The number of nitrogens with zero attached hydrogens (tertiary/aromatic N) is 2. The number of cyclic esters (lactones) is 1. The van der Waals surface area contributed by atoms with Gasteiger partial charge in [0.25, 0.3) is 0 Å². The molecule has 2 heterocycles. The van der Waals surface area contributed by atoms with Gasteiger partial charge >= 0.3 is 6.09 Å². The van der Waals surface area contributed by atoms with Gasteiger partial charge in [0, 0.05) is 24.0 Å². The van der Waals surface area contributed by atoms with Gasteiger partial charge in [0.2, 0.25) is 0 Å². The third-order valence-electron chi connectivity index (χ3n) is 5.39. The maximum Gasteiger partial charge on any atom is 0.410 e. The van der Waals surface area contributed by atoms with Crippen molar-refractivity contribution in [1.29, 1.82) is 0 Å². The Morgan fingerprint density at radius 3 is 2.78 bits per heavy atom. The van der Waals surface area contributed by atoms with E-state index in [0.717, 1.165) is 56.0 Å². The quantitative estimate of drug-likeness (QED) is 0.550. The fourth-order valence-corrected chi connectivity index (χ4v) is 4.72. The normalized spacial score (nSPS) is 20.7. The second kappa shape index (κ2) is 9.64. The number of nitrogens with one attached hydrogen (secondary N) is 1. The van der Waals surface area contributed by atoms with Crippen LogP contribution in [0.4, 0.5) is 10.5 Å². The van der Waals surface area contributed by atoms with E-state index in [-0.39, 0.29) is 18.2 Å². The van der Waals surface area contributed by atoms with Crippen LogP contribution in [0.25, 0.3) is 0 Å². The Hall–Kier alpha value is -1.47. The van der Waals surface area contributed by atoms with E-state index in [9.17, 15) is 4.79 Å². The summed E-state index contributed by atoms with van der Waals surface area (Å²) >= 11 is 7.35. The summed E-state index contributed by atoms with van der Waals surface area (Å²) in [5, 5.41) is 4.16. The monoisotopic (exact) mass is 407 g/mol. The molecule has 5 nitrogen and oxygen atoms in total. The SMILES string of the molecule is CCCCC1COC(=O)N1C1CCN(C(=S)Nc2ccccc2SC)CC1. The Balaban J connectivity index is 1.55. The van der Waals surface area contributed by atoms with Crippen LogP contribution in [-0.4, -0.2) is 59.0 Å². The number of benzene rings is 1. The highest BCUT2D eigenvalue weighted by Gasteiger charge is 2.39. The molecule has 2 fully saturated rings. The summed E-state index contributed by atoms with van der Waals surface area (Å²) in [7, 11) is 0. The molecular weight excluding hydrogens is 378 g/mol. The van der Waals surface area contributed by atoms with Crippen LogP contribution in [0.2, 0.25) is 0 Å². The van der Waals surface area contributed by atoms with Gasteiger partial charge in [0.15, 0.2) is 5.11 Å². The third-order valence-corrected chi connectivity index (χ3v) is 6.54. The van der Waals surface area contributed by atoms with E-state index in [1.807, 2.05) is 17.0 Å². The minimum absolute atomic E-state index is 0.135. The van der Waals surface area contributed by atoms with Crippen molar-refractivity contribution < 1.29 is 9.53 Å². The van der Waals surface area contributed by atoms with Crippen molar-refractivity contribution in [2.24, 2.45) is 0 Å². The number of piperidine rings is 1. The number of thiocarbonyl (C=S) groups is 1. The van der Waals surface area contributed by atoms with Crippen LogP contribution in [-0.2, 0) is 4.74 Å². The molecule has 7 heteroatoms. The van der Waals surface area contributed by atoms with Crippen molar-refractivity contribution in [2.75, 3.05) is 31.3 Å². The first kappa shape index (κ1) is 20.3. The second-order valence-corrected chi connectivity index (χ2v) is 8.36. The molecule has 0 radical (unpaired) electrons. The average Bonchev–Trinajstić information content (AvgIpc) is 3.07. The largest absolute Gasteiger partial charge is 0.447 e. The van der Waals surface area contributed by atoms with Crippen molar-refractivity contribution in [3.8, 4) is 0 Å². The number of amides is 1. The van der Waals surface area contributed by atoms with E-state index in [0.29, 0.717) is 6.61 Å². The van der Waals surface area contributed by atoms with Crippen LogP contribution >= 0.6 is 24.0 Å². The summed E-state index contributed by atoms with van der Waals surface area (Å²) in [6.45, 7) is 4.46. The molecule has 1 amide bonds. The van der Waals surface area contributed by atoms with E-state index in [1.165, 1.54) is 4.90 Å². The maximum atomic E-state index is 12.2. The molecule has 0 spiro atoms. The fraction of sp³-hybridized carbons (Fsp3) is 0.600. The van der Waals surface area contributed by atoms with E-state index < -0.39 is 0 Å². The van der Waals surface area contributed by atoms with E-state index in [2.05, 4.69) is 35.5 Å². The number of carbonyl (C=O) groups excluding carboxylic acids is 1. The van der Waals surface area contributed by atoms with E-state index >= 15 is 0 Å². The highest BCUT2D eigenvalue weighted by atomic mass is 32.2. The Labute approximate surface area is 171 Å². The summed E-state index contributed by atoms with van der Waals surface area (Å²) in [6, 6.07) is 8.72. The van der Waals surface area contributed by atoms with Crippen LogP contribution in [0.5, 0.6) is 0 Å². The maximum absolute atomic E-state index is 12.2. The Bertz CT molecular complexity index is 662. The smallest absolute Gasteiger partial charge is 0.410 e. The summed E-state index contributed by atoms with van der Waals surface area (Å²) in [5.41, 5.74) is 1.06. The molecule has 2 saturated heterocycles. The topological polar surface area (TPSA) is 44.8 Å². The molecule has 1 aromatic rings. The van der Waals surface area contributed by atoms with Gasteiger partial charge in [0.05, 0.1) is 11.7 Å². The fourth-order valence-electron chi connectivity index (χ4n) is 3.87. The highest BCUT2D eigenvalue weighted by Crippen LogP contribution is 2.28. The zero-order chi connectivity index (χ0) is 19.2. The first-order valence-electron chi connectivity index (χ1n) is 9.78. The van der Waals surface area contributed by atoms with Gasteiger partial charge in [-0.25, -0.2) is 4.79 Å². The lowest BCUT2D eigenvalue weighted by molar-refractivity contribution is 0.122. The molecular formula is C20H29N3O2S2. The first-order valence-corrected chi connectivity index (χ1v) is 11.4. The predicted molar refractivity (Wildman–Crippen MR) is 116 cm³/mol. The van der Waals surface area contributed by atoms with Crippen molar-refractivity contribution in [1.82, 2.24) is 9.80 Å². The Kier molecular flexibility index (Phi) is 7.24. The number of rotatable bonds is 6. The number of ether oxygens (including phenoxy) is 1. The van der Waals surface area contributed by atoms with E-state index in [4.69, 9.17) is 17.0 Å². The zero-order valence-corrected chi connectivity index (χ0v) is 17.8.